The zero-order valence-electron chi connectivity index (χ0n) is 18.7. The van der Waals surface area contributed by atoms with Crippen LogP contribution in [0, 0.1) is 22.2 Å². The molecule has 0 spiro atoms. The highest BCUT2D eigenvalue weighted by molar-refractivity contribution is 5.02. The largest absolute Gasteiger partial charge is 0.380 e. The second-order valence-corrected chi connectivity index (χ2v) is 12.1. The molecule has 0 aliphatic carbocycles. The Labute approximate surface area is 152 Å². The van der Waals surface area contributed by atoms with Crippen LogP contribution in [0.15, 0.2) is 0 Å². The summed E-state index contributed by atoms with van der Waals surface area (Å²) in [5.41, 5.74) is 0.799. The first-order chi connectivity index (χ1) is 10.5. The van der Waals surface area contributed by atoms with Gasteiger partial charge in [-0.15, -0.1) is 0 Å². The van der Waals surface area contributed by atoms with Crippen LogP contribution in [-0.2, 0) is 4.74 Å². The third-order valence-electron chi connectivity index (χ3n) is 5.64. The average Bonchev–Trinajstić information content (AvgIpc) is 2.20. The fourth-order valence-electron chi connectivity index (χ4n) is 4.51. The van der Waals surface area contributed by atoms with E-state index in [0.717, 1.165) is 19.6 Å². The molecule has 0 radical (unpaired) electrons. The van der Waals surface area contributed by atoms with Crippen molar-refractivity contribution in [1.82, 2.24) is 4.90 Å². The van der Waals surface area contributed by atoms with Crippen LogP contribution in [-0.4, -0.2) is 35.7 Å². The molecule has 0 aromatic rings. The Kier molecular flexibility index (Phi) is 6.32. The predicted octanol–water partition coefficient (Wildman–Crippen LogP) is 6.00. The van der Waals surface area contributed by atoms with E-state index in [1.807, 2.05) is 0 Å². The van der Waals surface area contributed by atoms with Gasteiger partial charge in [-0.2, -0.15) is 0 Å². The highest BCUT2D eigenvalue weighted by atomic mass is 16.5. The zero-order valence-corrected chi connectivity index (χ0v) is 18.7. The molecular weight excluding hydrogens is 294 g/mol. The van der Waals surface area contributed by atoms with Crippen LogP contribution in [0.5, 0.6) is 0 Å². The zero-order chi connectivity index (χ0) is 19.1. The SMILES string of the molecule is CC(C)(C)C1CCOCC(C(C)(C)C)N(C(C)(C)C)C1C(C)(C)C. The van der Waals surface area contributed by atoms with Crippen LogP contribution >= 0.6 is 0 Å². The van der Waals surface area contributed by atoms with Crippen molar-refractivity contribution >= 4 is 0 Å². The van der Waals surface area contributed by atoms with E-state index < -0.39 is 0 Å². The Morgan fingerprint density at radius 3 is 1.54 bits per heavy atom. The molecule has 3 unspecified atom stereocenters. The number of hydrogen-bond donors (Lipinski definition) is 0. The van der Waals surface area contributed by atoms with Gasteiger partial charge in [-0.25, -0.2) is 0 Å². The number of hydrogen-bond acceptors (Lipinski definition) is 2. The lowest BCUT2D eigenvalue weighted by Gasteiger charge is -2.59. The molecule has 0 aromatic heterocycles. The molecule has 0 amide bonds. The molecule has 0 N–H and O–H groups in total. The molecular formula is C22H45NO. The Balaban J connectivity index is 3.57. The van der Waals surface area contributed by atoms with Gasteiger partial charge in [0.1, 0.15) is 0 Å². The Morgan fingerprint density at radius 2 is 1.21 bits per heavy atom. The fraction of sp³-hybridized carbons (Fsp3) is 1.00. The van der Waals surface area contributed by atoms with Gasteiger partial charge in [0.05, 0.1) is 6.61 Å². The van der Waals surface area contributed by atoms with Crippen molar-refractivity contribution in [2.45, 2.75) is 107 Å². The molecule has 0 saturated carbocycles. The van der Waals surface area contributed by atoms with Gasteiger partial charge in [0, 0.05) is 24.2 Å². The molecule has 1 rings (SSSR count). The molecule has 1 aliphatic heterocycles. The van der Waals surface area contributed by atoms with Crippen LogP contribution in [0.1, 0.15) is 89.5 Å². The highest BCUT2D eigenvalue weighted by Crippen LogP contribution is 2.47. The summed E-state index contributed by atoms with van der Waals surface area (Å²) in [6.45, 7) is 30.5. The maximum atomic E-state index is 6.18. The topological polar surface area (TPSA) is 12.5 Å². The molecule has 1 fully saturated rings. The molecule has 0 bridgehead atoms. The van der Waals surface area contributed by atoms with Crippen molar-refractivity contribution in [3.8, 4) is 0 Å². The quantitative estimate of drug-likeness (QED) is 0.537. The molecule has 0 aromatic carbocycles. The van der Waals surface area contributed by atoms with E-state index in [1.165, 1.54) is 0 Å². The van der Waals surface area contributed by atoms with Gasteiger partial charge in [0.15, 0.2) is 0 Å². The maximum Gasteiger partial charge on any atom is 0.0627 e. The number of rotatable bonds is 0. The van der Waals surface area contributed by atoms with Gasteiger partial charge in [-0.3, -0.25) is 4.90 Å². The lowest BCUT2D eigenvalue weighted by Crippen LogP contribution is -2.66. The summed E-state index contributed by atoms with van der Waals surface area (Å²) in [6.07, 6.45) is 1.15. The lowest BCUT2D eigenvalue weighted by atomic mass is 9.64. The summed E-state index contributed by atoms with van der Waals surface area (Å²) < 4.78 is 6.18. The molecule has 2 heteroatoms. The predicted molar refractivity (Wildman–Crippen MR) is 106 cm³/mol. The smallest absolute Gasteiger partial charge is 0.0627 e. The van der Waals surface area contributed by atoms with Crippen molar-refractivity contribution in [3.05, 3.63) is 0 Å². The Hall–Kier alpha value is -0.0800. The van der Waals surface area contributed by atoms with E-state index in [2.05, 4.69) is 88.0 Å². The summed E-state index contributed by atoms with van der Waals surface area (Å²) >= 11 is 0. The van der Waals surface area contributed by atoms with Crippen LogP contribution in [0.4, 0.5) is 0 Å². The van der Waals surface area contributed by atoms with E-state index in [1.54, 1.807) is 0 Å². The van der Waals surface area contributed by atoms with Gasteiger partial charge >= 0.3 is 0 Å². The van der Waals surface area contributed by atoms with Crippen molar-refractivity contribution < 1.29 is 4.74 Å². The van der Waals surface area contributed by atoms with E-state index in [9.17, 15) is 0 Å². The van der Waals surface area contributed by atoms with Crippen LogP contribution in [0.25, 0.3) is 0 Å². The van der Waals surface area contributed by atoms with Crippen molar-refractivity contribution in [3.63, 3.8) is 0 Å². The van der Waals surface area contributed by atoms with E-state index in [4.69, 9.17) is 4.74 Å². The summed E-state index contributed by atoms with van der Waals surface area (Å²) in [5.74, 6) is 0.613. The van der Waals surface area contributed by atoms with Gasteiger partial charge in [0.25, 0.3) is 0 Å². The molecule has 24 heavy (non-hydrogen) atoms. The van der Waals surface area contributed by atoms with Crippen LogP contribution < -0.4 is 0 Å². The molecule has 3 atom stereocenters. The van der Waals surface area contributed by atoms with Crippen LogP contribution in [0.2, 0.25) is 0 Å². The highest BCUT2D eigenvalue weighted by Gasteiger charge is 2.50. The first-order valence-corrected chi connectivity index (χ1v) is 9.83. The van der Waals surface area contributed by atoms with Gasteiger partial charge in [-0.1, -0.05) is 62.3 Å². The van der Waals surface area contributed by atoms with Gasteiger partial charge in [0.2, 0.25) is 0 Å². The van der Waals surface area contributed by atoms with Gasteiger partial charge in [-0.05, 0) is 49.4 Å². The summed E-state index contributed by atoms with van der Waals surface area (Å²) in [4.78, 5) is 2.82. The van der Waals surface area contributed by atoms with E-state index >= 15 is 0 Å². The minimum absolute atomic E-state index is 0.111. The minimum Gasteiger partial charge on any atom is -0.380 e. The lowest BCUT2D eigenvalue weighted by molar-refractivity contribution is -0.136. The van der Waals surface area contributed by atoms with Crippen LogP contribution in [0.3, 0.4) is 0 Å². The van der Waals surface area contributed by atoms with E-state index in [0.29, 0.717) is 18.0 Å². The molecule has 2 nitrogen and oxygen atoms in total. The summed E-state index contributed by atoms with van der Waals surface area (Å²) in [7, 11) is 0. The molecule has 144 valence electrons. The third kappa shape index (κ3) is 5.21. The third-order valence-corrected chi connectivity index (χ3v) is 5.64. The fourth-order valence-corrected chi connectivity index (χ4v) is 4.51. The Morgan fingerprint density at radius 1 is 0.708 bits per heavy atom. The van der Waals surface area contributed by atoms with Crippen molar-refractivity contribution in [2.75, 3.05) is 13.2 Å². The Bertz CT molecular complexity index is 360. The molecule has 1 heterocycles. The monoisotopic (exact) mass is 339 g/mol. The minimum atomic E-state index is 0.111. The van der Waals surface area contributed by atoms with Gasteiger partial charge < -0.3 is 4.74 Å². The number of ether oxygens (including phenoxy) is 1. The summed E-state index contributed by atoms with van der Waals surface area (Å²) in [6, 6.07) is 0.956. The first kappa shape index (κ1) is 22.0. The average molecular weight is 340 g/mol. The second kappa shape index (κ2) is 6.91. The maximum absolute atomic E-state index is 6.18. The first-order valence-electron chi connectivity index (χ1n) is 9.83. The normalized spacial score (nSPS) is 29.2. The second-order valence-electron chi connectivity index (χ2n) is 12.1. The standard InChI is InChI=1S/C22H45NO/c1-19(2,3)16-13-14-24-15-17(20(4,5)6)23(22(10,11)12)18(16)21(7,8)9/h16-18H,13-15H2,1-12H3. The molecule has 1 aliphatic rings. The van der Waals surface area contributed by atoms with Crippen molar-refractivity contribution in [1.29, 1.82) is 0 Å². The molecule has 1 saturated heterocycles. The summed E-state index contributed by atoms with van der Waals surface area (Å²) in [5, 5.41) is 0. The van der Waals surface area contributed by atoms with E-state index in [-0.39, 0.29) is 21.8 Å². The number of nitrogens with zero attached hydrogens (tertiary/aromatic N) is 1. The van der Waals surface area contributed by atoms with Crippen molar-refractivity contribution in [2.24, 2.45) is 22.2 Å².